The molecule has 20 heavy (non-hydrogen) atoms. The molecule has 0 saturated heterocycles. The maximum absolute atomic E-state index is 12.4. The smallest absolute Gasteiger partial charge is 0.170 e. The lowest BCUT2D eigenvalue weighted by molar-refractivity contribution is 0.0990. The van der Waals surface area contributed by atoms with E-state index in [0.717, 1.165) is 26.8 Å². The highest BCUT2D eigenvalue weighted by atomic mass is 79.9. The second kappa shape index (κ2) is 6.41. The van der Waals surface area contributed by atoms with E-state index >= 15 is 0 Å². The van der Waals surface area contributed by atoms with Crippen LogP contribution in [0, 0.1) is 0 Å². The predicted molar refractivity (Wildman–Crippen MR) is 87.5 cm³/mol. The highest BCUT2D eigenvalue weighted by Gasteiger charge is 2.18. The van der Waals surface area contributed by atoms with Gasteiger partial charge in [0.25, 0.3) is 0 Å². The maximum Gasteiger partial charge on any atom is 0.170 e. The number of rotatable bonds is 4. The molecule has 0 aliphatic heterocycles. The minimum atomic E-state index is 0.00530. The summed E-state index contributed by atoms with van der Waals surface area (Å²) in [6.45, 7) is 2.03. The molecule has 0 N–H and O–H groups in total. The Morgan fingerprint density at radius 3 is 2.70 bits per heavy atom. The molecule has 1 aromatic heterocycles. The standard InChI is InChI=1S/C14H13Br2ClN2O/c1-3-11-14(16)12(19(2)18-11)7-13(20)9-6-8(17)4-5-10(9)15/h4-6H,3,7H2,1-2H3. The molecule has 1 heterocycles. The number of carbonyl (C=O) groups is 1. The van der Waals surface area contributed by atoms with Gasteiger partial charge in [0.1, 0.15) is 0 Å². The Hall–Kier alpha value is -0.650. The Kier molecular flexibility index (Phi) is 5.04. The summed E-state index contributed by atoms with van der Waals surface area (Å²) in [5.74, 6) is 0.00530. The van der Waals surface area contributed by atoms with Crippen LogP contribution in [0.4, 0.5) is 0 Å². The molecule has 2 rings (SSSR count). The minimum absolute atomic E-state index is 0.00530. The van der Waals surface area contributed by atoms with E-state index in [0.29, 0.717) is 10.6 Å². The zero-order valence-electron chi connectivity index (χ0n) is 11.1. The Morgan fingerprint density at radius 1 is 1.40 bits per heavy atom. The molecule has 0 saturated carbocycles. The van der Waals surface area contributed by atoms with E-state index in [2.05, 4.69) is 37.0 Å². The van der Waals surface area contributed by atoms with E-state index in [1.54, 1.807) is 22.9 Å². The van der Waals surface area contributed by atoms with Crippen LogP contribution in [0.25, 0.3) is 0 Å². The van der Waals surface area contributed by atoms with Crippen molar-refractivity contribution in [3.63, 3.8) is 0 Å². The number of nitrogens with zero attached hydrogens (tertiary/aromatic N) is 2. The van der Waals surface area contributed by atoms with Crippen molar-refractivity contribution < 1.29 is 4.79 Å². The average molecular weight is 421 g/mol. The molecule has 0 spiro atoms. The van der Waals surface area contributed by atoms with Crippen LogP contribution in [0.1, 0.15) is 28.7 Å². The first-order valence-electron chi connectivity index (χ1n) is 6.12. The van der Waals surface area contributed by atoms with Gasteiger partial charge in [-0.25, -0.2) is 0 Å². The number of Topliss-reactive ketones (excluding diaryl/α,β-unsaturated/α-hetero) is 1. The van der Waals surface area contributed by atoms with Crippen LogP contribution in [0.3, 0.4) is 0 Å². The Balaban J connectivity index is 2.33. The molecule has 1 aromatic carbocycles. The van der Waals surface area contributed by atoms with Crippen molar-refractivity contribution >= 4 is 49.2 Å². The highest BCUT2D eigenvalue weighted by Crippen LogP contribution is 2.26. The number of halogens is 3. The van der Waals surface area contributed by atoms with Gasteiger partial charge in [-0.1, -0.05) is 34.5 Å². The van der Waals surface area contributed by atoms with E-state index in [-0.39, 0.29) is 12.2 Å². The third-order valence-corrected chi connectivity index (χ3v) is 4.90. The minimum Gasteiger partial charge on any atom is -0.294 e. The first-order valence-corrected chi connectivity index (χ1v) is 8.09. The van der Waals surface area contributed by atoms with Crippen molar-refractivity contribution in [1.29, 1.82) is 0 Å². The van der Waals surface area contributed by atoms with Gasteiger partial charge in [0, 0.05) is 22.1 Å². The van der Waals surface area contributed by atoms with Gasteiger partial charge in [0.2, 0.25) is 0 Å². The molecule has 6 heteroatoms. The molecule has 0 unspecified atom stereocenters. The number of benzene rings is 1. The van der Waals surface area contributed by atoms with E-state index in [1.165, 1.54) is 0 Å². The van der Waals surface area contributed by atoms with Crippen LogP contribution in [0.5, 0.6) is 0 Å². The lowest BCUT2D eigenvalue weighted by Crippen LogP contribution is -2.09. The molecule has 3 nitrogen and oxygen atoms in total. The van der Waals surface area contributed by atoms with E-state index < -0.39 is 0 Å². The molecule has 0 aliphatic carbocycles. The van der Waals surface area contributed by atoms with Gasteiger partial charge in [-0.3, -0.25) is 9.48 Å². The fraction of sp³-hybridized carbons (Fsp3) is 0.286. The Labute approximate surface area is 139 Å². The van der Waals surface area contributed by atoms with Crippen molar-refractivity contribution in [2.45, 2.75) is 19.8 Å². The summed E-state index contributed by atoms with van der Waals surface area (Å²) in [5.41, 5.74) is 2.42. The Morgan fingerprint density at radius 2 is 2.10 bits per heavy atom. The molecular formula is C14H13Br2ClN2O. The summed E-state index contributed by atoms with van der Waals surface area (Å²) >= 11 is 12.9. The van der Waals surface area contributed by atoms with Gasteiger partial charge in [-0.05, 0) is 40.5 Å². The van der Waals surface area contributed by atoms with Crippen LogP contribution in [-0.4, -0.2) is 15.6 Å². The van der Waals surface area contributed by atoms with Gasteiger partial charge in [-0.15, -0.1) is 0 Å². The number of carbonyl (C=O) groups excluding carboxylic acids is 1. The number of ketones is 1. The molecule has 0 radical (unpaired) electrons. The topological polar surface area (TPSA) is 34.9 Å². The van der Waals surface area contributed by atoms with Crippen molar-refractivity contribution in [3.8, 4) is 0 Å². The first kappa shape index (κ1) is 15.7. The van der Waals surface area contributed by atoms with Gasteiger partial charge in [0.05, 0.1) is 22.3 Å². The maximum atomic E-state index is 12.4. The molecule has 0 atom stereocenters. The van der Waals surface area contributed by atoms with Crippen molar-refractivity contribution in [1.82, 2.24) is 9.78 Å². The van der Waals surface area contributed by atoms with Crippen LogP contribution in [0.15, 0.2) is 27.1 Å². The van der Waals surface area contributed by atoms with Gasteiger partial charge in [-0.2, -0.15) is 5.10 Å². The van der Waals surface area contributed by atoms with Crippen LogP contribution < -0.4 is 0 Å². The highest BCUT2D eigenvalue weighted by molar-refractivity contribution is 9.10. The average Bonchev–Trinajstić information content (AvgIpc) is 2.68. The number of aromatic nitrogens is 2. The third kappa shape index (κ3) is 3.15. The first-order chi connectivity index (χ1) is 9.43. The summed E-state index contributed by atoms with van der Waals surface area (Å²) in [6, 6.07) is 5.21. The fourth-order valence-corrected chi connectivity index (χ4v) is 3.37. The van der Waals surface area contributed by atoms with E-state index in [9.17, 15) is 4.79 Å². The molecule has 0 aliphatic rings. The number of hydrogen-bond acceptors (Lipinski definition) is 2. The molecule has 2 aromatic rings. The normalized spacial score (nSPS) is 10.8. The van der Waals surface area contributed by atoms with Gasteiger partial charge in [0.15, 0.2) is 5.78 Å². The van der Waals surface area contributed by atoms with Crippen molar-refractivity contribution in [3.05, 3.63) is 49.1 Å². The zero-order valence-corrected chi connectivity index (χ0v) is 15.0. The third-order valence-electron chi connectivity index (χ3n) is 3.06. The zero-order chi connectivity index (χ0) is 14.9. The molecule has 106 valence electrons. The van der Waals surface area contributed by atoms with Gasteiger partial charge >= 0.3 is 0 Å². The van der Waals surface area contributed by atoms with Crippen LogP contribution in [-0.2, 0) is 19.9 Å². The summed E-state index contributed by atoms with van der Waals surface area (Å²) in [5, 5.41) is 4.95. The van der Waals surface area contributed by atoms with Crippen molar-refractivity contribution in [2.75, 3.05) is 0 Å². The largest absolute Gasteiger partial charge is 0.294 e. The van der Waals surface area contributed by atoms with E-state index in [1.807, 2.05) is 14.0 Å². The number of hydrogen-bond donors (Lipinski definition) is 0. The fourth-order valence-electron chi connectivity index (χ4n) is 1.97. The van der Waals surface area contributed by atoms with Crippen LogP contribution >= 0.6 is 43.5 Å². The molecule has 0 amide bonds. The Bertz CT molecular complexity index is 667. The molecular weight excluding hydrogens is 407 g/mol. The number of aryl methyl sites for hydroxylation is 2. The summed E-state index contributed by atoms with van der Waals surface area (Å²) in [7, 11) is 1.85. The van der Waals surface area contributed by atoms with Gasteiger partial charge < -0.3 is 0 Å². The summed E-state index contributed by atoms with van der Waals surface area (Å²) in [4.78, 5) is 12.4. The predicted octanol–water partition coefficient (Wildman–Crippen LogP) is 4.59. The lowest BCUT2D eigenvalue weighted by atomic mass is 10.1. The lowest BCUT2D eigenvalue weighted by Gasteiger charge is -2.06. The van der Waals surface area contributed by atoms with E-state index in [4.69, 9.17) is 11.6 Å². The monoisotopic (exact) mass is 418 g/mol. The SMILES string of the molecule is CCc1nn(C)c(CC(=O)c2cc(Cl)ccc2Br)c1Br. The molecule has 0 bridgehead atoms. The second-order valence-electron chi connectivity index (χ2n) is 4.41. The van der Waals surface area contributed by atoms with Crippen LogP contribution in [0.2, 0.25) is 5.02 Å². The van der Waals surface area contributed by atoms with Crippen molar-refractivity contribution in [2.24, 2.45) is 7.05 Å². The second-order valence-corrected chi connectivity index (χ2v) is 6.49. The summed E-state index contributed by atoms with van der Waals surface area (Å²) < 4.78 is 3.41. The molecule has 0 fully saturated rings. The quantitative estimate of drug-likeness (QED) is 0.679. The summed E-state index contributed by atoms with van der Waals surface area (Å²) in [6.07, 6.45) is 1.10.